The van der Waals surface area contributed by atoms with Crippen molar-refractivity contribution in [2.24, 2.45) is 4.99 Å². The summed E-state index contributed by atoms with van der Waals surface area (Å²) in [6.45, 7) is 15.1. The van der Waals surface area contributed by atoms with Crippen LogP contribution in [-0.2, 0) is 9.53 Å². The number of piperazine rings is 1. The summed E-state index contributed by atoms with van der Waals surface area (Å²) in [4.78, 5) is 44.3. The van der Waals surface area contributed by atoms with Gasteiger partial charge in [-0.2, -0.15) is 0 Å². The zero-order valence-electron chi connectivity index (χ0n) is 22.4. The number of hydrogen-bond acceptors (Lipinski definition) is 8. The van der Waals surface area contributed by atoms with Crippen molar-refractivity contribution in [2.45, 2.75) is 66.0 Å². The minimum atomic E-state index is -0.568. The van der Waals surface area contributed by atoms with E-state index >= 15 is 0 Å². The summed E-state index contributed by atoms with van der Waals surface area (Å²) >= 11 is 6.36. The number of aromatic nitrogens is 2. The van der Waals surface area contributed by atoms with Gasteiger partial charge in [-0.25, -0.2) is 19.6 Å². The largest absolute Gasteiger partial charge is 0.444 e. The minimum absolute atomic E-state index is 0.0886. The lowest BCUT2D eigenvalue weighted by Gasteiger charge is -2.43. The van der Waals surface area contributed by atoms with E-state index in [9.17, 15) is 9.59 Å². The van der Waals surface area contributed by atoms with Crippen LogP contribution < -0.4 is 4.90 Å². The Balaban J connectivity index is 1.76. The topological polar surface area (TPSA) is 91.2 Å². The van der Waals surface area contributed by atoms with Crippen LogP contribution in [-0.4, -0.2) is 68.9 Å². The summed E-state index contributed by atoms with van der Waals surface area (Å²) in [5, 5.41) is 0.297. The molecule has 9 nitrogen and oxygen atoms in total. The first-order valence-electron chi connectivity index (χ1n) is 12.4. The molecule has 2 aliphatic heterocycles. The second-order valence-electron chi connectivity index (χ2n) is 10.7. The van der Waals surface area contributed by atoms with Crippen molar-refractivity contribution in [3.8, 4) is 0 Å². The molecule has 0 radical (unpaired) electrons. The summed E-state index contributed by atoms with van der Waals surface area (Å²) < 4.78 is 5.56. The first-order valence-corrected chi connectivity index (χ1v) is 12.8. The van der Waals surface area contributed by atoms with Crippen molar-refractivity contribution >= 4 is 40.8 Å². The smallest absolute Gasteiger partial charge is 0.410 e. The molecule has 0 aromatic carbocycles. The van der Waals surface area contributed by atoms with Crippen LogP contribution in [0.2, 0.25) is 5.15 Å². The Kier molecular flexibility index (Phi) is 7.31. The Morgan fingerprint density at radius 3 is 2.59 bits per heavy atom. The van der Waals surface area contributed by atoms with E-state index < -0.39 is 5.60 Å². The van der Waals surface area contributed by atoms with Gasteiger partial charge in [-0.3, -0.25) is 9.88 Å². The zero-order chi connectivity index (χ0) is 27.1. The molecule has 1 fully saturated rings. The molecule has 0 unspecified atom stereocenters. The van der Waals surface area contributed by atoms with Crippen molar-refractivity contribution in [1.29, 1.82) is 0 Å². The number of carbonyl (C=O) groups is 1. The van der Waals surface area contributed by atoms with Gasteiger partial charge in [-0.1, -0.05) is 25.4 Å². The fourth-order valence-corrected chi connectivity index (χ4v) is 4.82. The number of aryl methyl sites for hydroxylation is 1. The fourth-order valence-electron chi connectivity index (χ4n) is 4.67. The van der Waals surface area contributed by atoms with Crippen LogP contribution in [0.1, 0.15) is 64.3 Å². The molecule has 0 aliphatic carbocycles. The molecule has 1 saturated heterocycles. The van der Waals surface area contributed by atoms with Crippen LogP contribution >= 0.6 is 11.6 Å². The quantitative estimate of drug-likeness (QED) is 0.400. The molecule has 4 heterocycles. The van der Waals surface area contributed by atoms with E-state index in [1.807, 2.05) is 46.6 Å². The van der Waals surface area contributed by atoms with Gasteiger partial charge in [0.05, 0.1) is 22.6 Å². The van der Waals surface area contributed by atoms with Gasteiger partial charge in [-0.15, -0.1) is 0 Å². The Morgan fingerprint density at radius 1 is 1.24 bits per heavy atom. The molecule has 37 heavy (non-hydrogen) atoms. The van der Waals surface area contributed by atoms with Crippen LogP contribution in [0.3, 0.4) is 0 Å². The third-order valence-corrected chi connectivity index (χ3v) is 6.53. The highest BCUT2D eigenvalue weighted by Gasteiger charge is 2.37. The van der Waals surface area contributed by atoms with Crippen LogP contribution in [0.25, 0.3) is 0 Å². The van der Waals surface area contributed by atoms with Crippen LogP contribution in [0.15, 0.2) is 35.3 Å². The van der Waals surface area contributed by atoms with Crippen LogP contribution in [0.4, 0.5) is 16.2 Å². The second kappa shape index (κ2) is 10.1. The number of carbonyl (C=O) groups excluding carboxylic acids is 2. The summed E-state index contributed by atoms with van der Waals surface area (Å²) in [6.07, 6.45) is 3.11. The number of pyridine rings is 2. The monoisotopic (exact) mass is 524 g/mol. The lowest BCUT2D eigenvalue weighted by Crippen LogP contribution is -2.56. The van der Waals surface area contributed by atoms with Gasteiger partial charge in [0.2, 0.25) is 5.82 Å². The average Bonchev–Trinajstić information content (AvgIpc) is 2.82. The van der Waals surface area contributed by atoms with E-state index in [-0.39, 0.29) is 23.9 Å². The number of hydrogen-bond donors (Lipinski definition) is 0. The summed E-state index contributed by atoms with van der Waals surface area (Å²) in [6, 6.07) is 3.55. The molecule has 0 N–H and O–H groups in total. The highest BCUT2D eigenvalue weighted by molar-refractivity contribution is 6.30. The van der Waals surface area contributed by atoms with Gasteiger partial charge in [-0.05, 0) is 52.2 Å². The first-order chi connectivity index (χ1) is 17.4. The van der Waals surface area contributed by atoms with Crippen LogP contribution in [0.5, 0.6) is 0 Å². The van der Waals surface area contributed by atoms with E-state index in [0.29, 0.717) is 36.3 Å². The van der Waals surface area contributed by atoms with Crippen molar-refractivity contribution in [1.82, 2.24) is 19.8 Å². The standard InChI is InChI=1S/C27H33ClN6O3/c1-16(2)23-24(17(3)8-9-29-23)34-20-12-21(28)30-13-19(20)25(31-22(34)15-35)33-11-10-32(14-18(33)4)26(36)37-27(5,6)7/h8-9,12-13,16,18H,10-11,14H2,1-7H3/t18-/m0/s1. The van der Waals surface area contributed by atoms with Gasteiger partial charge < -0.3 is 14.5 Å². The van der Waals surface area contributed by atoms with Gasteiger partial charge >= 0.3 is 6.09 Å². The zero-order valence-corrected chi connectivity index (χ0v) is 23.1. The van der Waals surface area contributed by atoms with Crippen molar-refractivity contribution < 1.29 is 14.3 Å². The highest BCUT2D eigenvalue weighted by Crippen LogP contribution is 2.42. The van der Waals surface area contributed by atoms with Gasteiger partial charge in [0.15, 0.2) is 5.94 Å². The molecule has 0 spiro atoms. The predicted molar refractivity (Wildman–Crippen MR) is 144 cm³/mol. The third-order valence-electron chi connectivity index (χ3n) is 6.32. The highest BCUT2D eigenvalue weighted by atomic mass is 35.5. The van der Waals surface area contributed by atoms with Crippen LogP contribution in [0, 0.1) is 6.92 Å². The SMILES string of the molecule is Cc1ccnc(C(C)C)c1N1C(=C=O)N=C(N2CCN(C(=O)OC(C)(C)C)C[C@@H]2C)c2cnc(Cl)cc21. The Morgan fingerprint density at radius 2 is 1.97 bits per heavy atom. The lowest BCUT2D eigenvalue weighted by molar-refractivity contribution is 0.0134. The predicted octanol–water partition coefficient (Wildman–Crippen LogP) is 5.07. The number of halogens is 1. The molecule has 4 rings (SSSR count). The lowest BCUT2D eigenvalue weighted by atomic mass is 10.0. The fraction of sp³-hybridized carbons (Fsp3) is 0.481. The Hall–Kier alpha value is -3.42. The van der Waals surface area contributed by atoms with Gasteiger partial charge in [0.1, 0.15) is 16.6 Å². The Labute approximate surface area is 222 Å². The van der Waals surface area contributed by atoms with E-state index in [1.54, 1.807) is 28.3 Å². The molecule has 1 amide bonds. The number of nitrogens with zero attached hydrogens (tertiary/aromatic N) is 6. The first kappa shape index (κ1) is 26.6. The number of amides is 1. The average molecular weight is 525 g/mol. The summed E-state index contributed by atoms with van der Waals surface area (Å²) in [5.41, 5.74) is 3.42. The molecule has 0 saturated carbocycles. The minimum Gasteiger partial charge on any atom is -0.444 e. The molecule has 196 valence electrons. The molecule has 0 bridgehead atoms. The maximum absolute atomic E-state index is 12.7. The molecule has 10 heteroatoms. The second-order valence-corrected chi connectivity index (χ2v) is 11.1. The summed E-state index contributed by atoms with van der Waals surface area (Å²) in [5.74, 6) is 2.86. The molecule has 2 aromatic heterocycles. The molecule has 1 atom stereocenters. The van der Waals surface area contributed by atoms with E-state index in [2.05, 4.69) is 28.7 Å². The number of rotatable bonds is 2. The number of amidine groups is 1. The number of fused-ring (bicyclic) bond motifs is 1. The maximum Gasteiger partial charge on any atom is 0.410 e. The van der Waals surface area contributed by atoms with E-state index in [0.717, 1.165) is 22.5 Å². The molecular weight excluding hydrogens is 492 g/mol. The molecule has 2 aliphatic rings. The normalized spacial score (nSPS) is 18.0. The van der Waals surface area contributed by atoms with E-state index in [1.165, 1.54) is 0 Å². The third kappa shape index (κ3) is 5.33. The van der Waals surface area contributed by atoms with Gasteiger partial charge in [0, 0.05) is 44.1 Å². The van der Waals surface area contributed by atoms with E-state index in [4.69, 9.17) is 21.3 Å². The molecule has 2 aromatic rings. The number of ether oxygens (including phenoxy) is 1. The van der Waals surface area contributed by atoms with Crippen molar-refractivity contribution in [2.75, 3.05) is 24.5 Å². The number of anilines is 2. The molecular formula is C27H33ClN6O3. The number of aliphatic imine (C=N–C) groups is 1. The van der Waals surface area contributed by atoms with Gasteiger partial charge in [0.25, 0.3) is 0 Å². The summed E-state index contributed by atoms with van der Waals surface area (Å²) in [7, 11) is 0. The maximum atomic E-state index is 12.7. The Bertz CT molecular complexity index is 1300. The van der Waals surface area contributed by atoms with Crippen molar-refractivity contribution in [3.05, 3.63) is 52.3 Å². The van der Waals surface area contributed by atoms with Crippen molar-refractivity contribution in [3.63, 3.8) is 0 Å².